The summed E-state index contributed by atoms with van der Waals surface area (Å²) in [6.45, 7) is 3.17. The van der Waals surface area contributed by atoms with Crippen LogP contribution in [-0.2, 0) is 6.54 Å². The fourth-order valence-corrected chi connectivity index (χ4v) is 3.39. The summed E-state index contributed by atoms with van der Waals surface area (Å²) in [5, 5.41) is 10.9. The minimum absolute atomic E-state index is 0. The van der Waals surface area contributed by atoms with Gasteiger partial charge in [-0.05, 0) is 18.5 Å². The van der Waals surface area contributed by atoms with Gasteiger partial charge in [0.15, 0.2) is 0 Å². The Morgan fingerprint density at radius 3 is 2.89 bits per heavy atom. The van der Waals surface area contributed by atoms with Crippen LogP contribution < -0.4 is 5.32 Å². The van der Waals surface area contributed by atoms with Gasteiger partial charge in [-0.15, -0.1) is 23.7 Å². The molecule has 1 fully saturated rings. The second kappa shape index (κ2) is 6.12. The number of likely N-dealkylation sites (N-methyl/N-ethyl adjacent to an activating group) is 1. The topological polar surface area (TPSA) is 28.2 Å². The lowest BCUT2D eigenvalue weighted by atomic mass is 10.1. The lowest BCUT2D eigenvalue weighted by Crippen LogP contribution is -2.55. The Morgan fingerprint density at radius 1 is 1.44 bits per heavy atom. The number of aromatic nitrogens is 1. The summed E-state index contributed by atoms with van der Waals surface area (Å²) in [6, 6.07) is 2.81. The van der Waals surface area contributed by atoms with Gasteiger partial charge < -0.3 is 5.32 Å². The minimum Gasteiger partial charge on any atom is -0.314 e. The third kappa shape index (κ3) is 2.92. The number of nitrogens with zero attached hydrogens (tertiary/aromatic N) is 2. The van der Waals surface area contributed by atoms with Crippen molar-refractivity contribution in [2.75, 3.05) is 20.1 Å². The lowest BCUT2D eigenvalue weighted by Gasteiger charge is -2.35. The number of thiazole rings is 1. The van der Waals surface area contributed by atoms with Crippen LogP contribution in [0.25, 0.3) is 10.6 Å². The fourth-order valence-electron chi connectivity index (χ4n) is 1.87. The van der Waals surface area contributed by atoms with Crippen LogP contribution in [0.2, 0.25) is 0 Å². The van der Waals surface area contributed by atoms with E-state index in [2.05, 4.69) is 39.5 Å². The van der Waals surface area contributed by atoms with Crippen molar-refractivity contribution in [3.63, 3.8) is 0 Å². The Morgan fingerprint density at radius 2 is 2.28 bits per heavy atom. The summed E-state index contributed by atoms with van der Waals surface area (Å²) in [5.74, 6) is 0. The molecule has 0 atom stereocenters. The van der Waals surface area contributed by atoms with Gasteiger partial charge in [-0.1, -0.05) is 0 Å². The molecule has 0 unspecified atom stereocenters. The Hall–Kier alpha value is -0.460. The summed E-state index contributed by atoms with van der Waals surface area (Å²) in [5.41, 5.74) is 2.44. The molecule has 2 aromatic rings. The van der Waals surface area contributed by atoms with E-state index in [0.29, 0.717) is 6.04 Å². The molecule has 6 heteroatoms. The van der Waals surface area contributed by atoms with Crippen LogP contribution in [0.4, 0.5) is 0 Å². The van der Waals surface area contributed by atoms with Crippen LogP contribution in [0.3, 0.4) is 0 Å². The molecule has 0 aromatic carbocycles. The van der Waals surface area contributed by atoms with E-state index < -0.39 is 0 Å². The third-order valence-electron chi connectivity index (χ3n) is 3.11. The van der Waals surface area contributed by atoms with Crippen molar-refractivity contribution in [2.24, 2.45) is 0 Å². The SMILES string of the molecule is CN(Cc1csc(-c2ccsc2)n1)C1CNC1.Cl. The minimum atomic E-state index is 0. The van der Waals surface area contributed by atoms with Gasteiger partial charge in [0.1, 0.15) is 5.01 Å². The van der Waals surface area contributed by atoms with E-state index >= 15 is 0 Å². The molecule has 3 nitrogen and oxygen atoms in total. The van der Waals surface area contributed by atoms with E-state index in [9.17, 15) is 0 Å². The highest BCUT2D eigenvalue weighted by Crippen LogP contribution is 2.26. The van der Waals surface area contributed by atoms with Gasteiger partial charge in [-0.2, -0.15) is 11.3 Å². The molecule has 0 radical (unpaired) electrons. The molecule has 3 heterocycles. The standard InChI is InChI=1S/C12H15N3S2.ClH/c1-15(11-4-13-5-11)6-10-8-17-12(14-10)9-2-3-16-7-9;/h2-3,7-8,11,13H,4-6H2,1H3;1H. The Labute approximate surface area is 121 Å². The highest BCUT2D eigenvalue weighted by molar-refractivity contribution is 7.14. The zero-order valence-corrected chi connectivity index (χ0v) is 12.6. The van der Waals surface area contributed by atoms with Gasteiger partial charge in [-0.3, -0.25) is 4.90 Å². The molecule has 0 amide bonds. The number of hydrogen-bond acceptors (Lipinski definition) is 5. The second-order valence-corrected chi connectivity index (χ2v) is 6.02. The highest BCUT2D eigenvalue weighted by atomic mass is 35.5. The summed E-state index contributed by atoms with van der Waals surface area (Å²) < 4.78 is 0. The lowest BCUT2D eigenvalue weighted by molar-refractivity contribution is 0.171. The third-order valence-corrected chi connectivity index (χ3v) is 4.74. The maximum absolute atomic E-state index is 4.70. The normalized spacial score (nSPS) is 15.4. The average molecular weight is 302 g/mol. The van der Waals surface area contributed by atoms with Crippen LogP contribution >= 0.6 is 35.1 Å². The van der Waals surface area contributed by atoms with E-state index in [0.717, 1.165) is 24.6 Å². The van der Waals surface area contributed by atoms with Crippen LogP contribution in [-0.4, -0.2) is 36.1 Å². The predicted octanol–water partition coefficient (Wildman–Crippen LogP) is 2.70. The molecule has 98 valence electrons. The monoisotopic (exact) mass is 301 g/mol. The maximum Gasteiger partial charge on any atom is 0.124 e. The average Bonchev–Trinajstić information content (AvgIpc) is 2.82. The van der Waals surface area contributed by atoms with E-state index in [1.807, 2.05) is 0 Å². The van der Waals surface area contributed by atoms with E-state index in [1.54, 1.807) is 22.7 Å². The van der Waals surface area contributed by atoms with Crippen LogP contribution in [0.5, 0.6) is 0 Å². The maximum atomic E-state index is 4.70. The first-order chi connectivity index (χ1) is 8.33. The number of thiophene rings is 1. The highest BCUT2D eigenvalue weighted by Gasteiger charge is 2.21. The first kappa shape index (κ1) is 14.0. The van der Waals surface area contributed by atoms with Gasteiger partial charge >= 0.3 is 0 Å². The van der Waals surface area contributed by atoms with Gasteiger partial charge in [-0.25, -0.2) is 4.98 Å². The molecule has 3 rings (SSSR count). The zero-order valence-electron chi connectivity index (χ0n) is 10.1. The largest absolute Gasteiger partial charge is 0.314 e. The molecule has 1 N–H and O–H groups in total. The fraction of sp³-hybridized carbons (Fsp3) is 0.417. The number of nitrogens with one attached hydrogen (secondary N) is 1. The second-order valence-electron chi connectivity index (χ2n) is 4.38. The molecule has 0 spiro atoms. The van der Waals surface area contributed by atoms with Crippen molar-refractivity contribution in [2.45, 2.75) is 12.6 Å². The summed E-state index contributed by atoms with van der Waals surface area (Å²) >= 11 is 3.46. The first-order valence-electron chi connectivity index (χ1n) is 5.71. The summed E-state index contributed by atoms with van der Waals surface area (Å²) in [6.07, 6.45) is 0. The van der Waals surface area contributed by atoms with Gasteiger partial charge in [0.25, 0.3) is 0 Å². The Bertz CT molecular complexity index is 479. The molecular weight excluding hydrogens is 286 g/mol. The molecule has 0 bridgehead atoms. The van der Waals surface area contributed by atoms with Gasteiger partial charge in [0.05, 0.1) is 5.69 Å². The number of rotatable bonds is 4. The number of halogens is 1. The molecule has 0 saturated carbocycles. The van der Waals surface area contributed by atoms with Crippen molar-refractivity contribution in [1.29, 1.82) is 0 Å². The van der Waals surface area contributed by atoms with Crippen LogP contribution in [0.1, 0.15) is 5.69 Å². The van der Waals surface area contributed by atoms with Crippen molar-refractivity contribution in [1.82, 2.24) is 15.2 Å². The number of hydrogen-bond donors (Lipinski definition) is 1. The smallest absolute Gasteiger partial charge is 0.124 e. The van der Waals surface area contributed by atoms with Gasteiger partial charge in [0, 0.05) is 42.0 Å². The van der Waals surface area contributed by atoms with Crippen LogP contribution in [0, 0.1) is 0 Å². The van der Waals surface area contributed by atoms with E-state index in [1.165, 1.54) is 11.3 Å². The molecule has 2 aromatic heterocycles. The zero-order chi connectivity index (χ0) is 11.7. The Kier molecular flexibility index (Phi) is 4.75. The van der Waals surface area contributed by atoms with Crippen molar-refractivity contribution < 1.29 is 0 Å². The van der Waals surface area contributed by atoms with E-state index in [-0.39, 0.29) is 12.4 Å². The molecule has 18 heavy (non-hydrogen) atoms. The molecule has 1 aliphatic heterocycles. The van der Waals surface area contributed by atoms with Crippen LogP contribution in [0.15, 0.2) is 22.2 Å². The first-order valence-corrected chi connectivity index (χ1v) is 7.53. The summed E-state index contributed by atoms with van der Waals surface area (Å²) in [7, 11) is 2.18. The molecular formula is C12H16ClN3S2. The molecule has 1 aliphatic rings. The Balaban J connectivity index is 0.00000120. The molecule has 0 aliphatic carbocycles. The molecule has 1 saturated heterocycles. The van der Waals surface area contributed by atoms with Crippen molar-refractivity contribution >= 4 is 35.1 Å². The predicted molar refractivity (Wildman–Crippen MR) is 80.8 cm³/mol. The van der Waals surface area contributed by atoms with Gasteiger partial charge in [0.2, 0.25) is 0 Å². The van der Waals surface area contributed by atoms with Crippen molar-refractivity contribution in [3.05, 3.63) is 27.9 Å². The quantitative estimate of drug-likeness (QED) is 0.941. The van der Waals surface area contributed by atoms with Crippen molar-refractivity contribution in [3.8, 4) is 10.6 Å². The van der Waals surface area contributed by atoms with E-state index in [4.69, 9.17) is 4.98 Å². The summed E-state index contributed by atoms with van der Waals surface area (Å²) in [4.78, 5) is 7.07.